The van der Waals surface area contributed by atoms with Crippen molar-refractivity contribution < 1.29 is 18.7 Å². The minimum atomic E-state index is -0.469. The minimum Gasteiger partial charge on any atom is -0.488 e. The van der Waals surface area contributed by atoms with Crippen molar-refractivity contribution in [2.45, 2.75) is 13.5 Å². The van der Waals surface area contributed by atoms with Gasteiger partial charge in [-0.2, -0.15) is 4.99 Å². The number of hydrogen-bond donors (Lipinski definition) is 1. The molecule has 1 N–H and O–H groups in total. The van der Waals surface area contributed by atoms with Crippen molar-refractivity contribution in [1.82, 2.24) is 5.32 Å². The molecule has 0 spiro atoms. The third kappa shape index (κ3) is 4.96. The summed E-state index contributed by atoms with van der Waals surface area (Å²) < 4.78 is 19.5. The molecule has 3 rings (SSSR count). The summed E-state index contributed by atoms with van der Waals surface area (Å²) in [5.74, 6) is -0.700. The molecule has 1 aliphatic heterocycles. The lowest BCUT2D eigenvalue weighted by Crippen LogP contribution is -2.23. The molecule has 0 radical (unpaired) electrons. The molecule has 2 aromatic carbocycles. The van der Waals surface area contributed by atoms with E-state index in [2.05, 4.69) is 10.3 Å². The second-order valence-electron chi connectivity index (χ2n) is 5.58. The molecule has 27 heavy (non-hydrogen) atoms. The van der Waals surface area contributed by atoms with E-state index in [0.29, 0.717) is 26.8 Å². The lowest BCUT2D eigenvalue weighted by Gasteiger charge is -2.11. The Bertz CT molecular complexity index is 975. The van der Waals surface area contributed by atoms with Gasteiger partial charge in [-0.15, -0.1) is 0 Å². The molecule has 138 valence electrons. The van der Waals surface area contributed by atoms with Crippen molar-refractivity contribution in [3.05, 3.63) is 69.3 Å². The highest BCUT2D eigenvalue weighted by atomic mass is 35.5. The molecule has 0 aliphatic carbocycles. The fourth-order valence-electron chi connectivity index (χ4n) is 2.29. The van der Waals surface area contributed by atoms with E-state index in [0.717, 1.165) is 11.8 Å². The van der Waals surface area contributed by atoms with Gasteiger partial charge in [0, 0.05) is 23.1 Å². The van der Waals surface area contributed by atoms with Gasteiger partial charge in [0.15, 0.2) is 5.17 Å². The summed E-state index contributed by atoms with van der Waals surface area (Å²) in [6, 6.07) is 11.2. The zero-order valence-corrected chi connectivity index (χ0v) is 15.7. The fourth-order valence-corrected chi connectivity index (χ4v) is 3.32. The molecular formula is C19H14ClFN2O3S. The number of halogens is 2. The Morgan fingerprint density at radius 3 is 2.85 bits per heavy atom. The Morgan fingerprint density at radius 1 is 1.33 bits per heavy atom. The first kappa shape index (κ1) is 19.1. The third-order valence-corrected chi connectivity index (χ3v) is 4.64. The van der Waals surface area contributed by atoms with E-state index in [1.54, 1.807) is 42.5 Å². The number of carbonyl (C=O) groups excluding carboxylic acids is 2. The molecule has 5 nitrogen and oxygen atoms in total. The van der Waals surface area contributed by atoms with E-state index in [1.807, 2.05) is 0 Å². The molecule has 0 aromatic heterocycles. The van der Waals surface area contributed by atoms with Gasteiger partial charge in [-0.25, -0.2) is 4.39 Å². The average Bonchev–Trinajstić information content (AvgIpc) is 2.94. The average molecular weight is 405 g/mol. The van der Waals surface area contributed by atoms with E-state index >= 15 is 0 Å². The summed E-state index contributed by atoms with van der Waals surface area (Å²) in [5, 5.41) is 3.15. The van der Waals surface area contributed by atoms with Gasteiger partial charge in [0.25, 0.3) is 5.91 Å². The van der Waals surface area contributed by atoms with Gasteiger partial charge < -0.3 is 10.1 Å². The summed E-state index contributed by atoms with van der Waals surface area (Å²) in [7, 11) is 0. The summed E-state index contributed by atoms with van der Waals surface area (Å²) in [6.45, 7) is 1.36. The van der Waals surface area contributed by atoms with E-state index in [-0.39, 0.29) is 23.5 Å². The zero-order valence-electron chi connectivity index (χ0n) is 14.2. The number of aliphatic imine (C=N–C) groups is 1. The second-order valence-corrected chi connectivity index (χ2v) is 7.04. The van der Waals surface area contributed by atoms with Gasteiger partial charge in [0.05, 0.1) is 4.91 Å². The maximum atomic E-state index is 13.8. The molecule has 0 atom stereocenters. The Morgan fingerprint density at radius 2 is 2.11 bits per heavy atom. The number of amides is 2. The first-order valence-corrected chi connectivity index (χ1v) is 9.08. The first-order valence-electron chi connectivity index (χ1n) is 7.88. The fraction of sp³-hybridized carbons (Fsp3) is 0.105. The van der Waals surface area contributed by atoms with Crippen LogP contribution in [0, 0.1) is 5.82 Å². The van der Waals surface area contributed by atoms with Gasteiger partial charge in [-0.1, -0.05) is 29.8 Å². The molecular weight excluding hydrogens is 391 g/mol. The minimum absolute atomic E-state index is 0.0270. The highest BCUT2D eigenvalue weighted by Crippen LogP contribution is 2.32. The number of ether oxygens (including phenoxy) is 1. The highest BCUT2D eigenvalue weighted by Gasteiger charge is 2.23. The number of benzene rings is 2. The molecule has 0 saturated carbocycles. The topological polar surface area (TPSA) is 67.8 Å². The molecule has 1 heterocycles. The van der Waals surface area contributed by atoms with Crippen LogP contribution in [-0.4, -0.2) is 17.0 Å². The first-order chi connectivity index (χ1) is 12.9. The Balaban J connectivity index is 1.82. The van der Waals surface area contributed by atoms with E-state index in [9.17, 15) is 14.0 Å². The SMILES string of the molecule is CC(=O)NC1=NC(=O)C(=Cc2cc(Cl)ccc2OCc2ccccc2F)S1. The van der Waals surface area contributed by atoms with E-state index in [4.69, 9.17) is 16.3 Å². The predicted molar refractivity (Wildman–Crippen MR) is 104 cm³/mol. The molecule has 1 aliphatic rings. The van der Waals surface area contributed by atoms with Crippen LogP contribution >= 0.6 is 23.4 Å². The van der Waals surface area contributed by atoms with E-state index < -0.39 is 5.91 Å². The number of thioether (sulfide) groups is 1. The van der Waals surface area contributed by atoms with Crippen LogP contribution < -0.4 is 10.1 Å². The van der Waals surface area contributed by atoms with Gasteiger partial charge in [0.1, 0.15) is 18.2 Å². The standard InChI is InChI=1S/C19H14ClFN2O3S/c1-11(24)22-19-23-18(25)17(27-19)9-13-8-14(20)6-7-16(13)26-10-12-4-2-3-5-15(12)21/h2-9H,10H2,1H3,(H,22,23,24,25). The van der Waals surface area contributed by atoms with Gasteiger partial charge in [-0.05, 0) is 42.1 Å². The lowest BCUT2D eigenvalue weighted by molar-refractivity contribution is -0.117. The van der Waals surface area contributed by atoms with Gasteiger partial charge in [-0.3, -0.25) is 9.59 Å². The van der Waals surface area contributed by atoms with E-state index in [1.165, 1.54) is 13.0 Å². The number of hydrogen-bond acceptors (Lipinski definition) is 4. The Hall–Kier alpha value is -2.64. The molecule has 2 amide bonds. The monoisotopic (exact) mass is 404 g/mol. The van der Waals surface area contributed by atoms with Crippen molar-refractivity contribution in [3.8, 4) is 5.75 Å². The molecule has 8 heteroatoms. The molecule has 0 unspecified atom stereocenters. The number of rotatable bonds is 4. The van der Waals surface area contributed by atoms with Crippen LogP contribution in [0.1, 0.15) is 18.1 Å². The molecule has 2 aromatic rings. The zero-order chi connectivity index (χ0) is 19.4. The number of amidine groups is 1. The number of nitrogens with one attached hydrogen (secondary N) is 1. The summed E-state index contributed by atoms with van der Waals surface area (Å²) in [5.41, 5.74) is 0.961. The lowest BCUT2D eigenvalue weighted by atomic mass is 10.1. The van der Waals surface area contributed by atoms with Crippen LogP contribution in [-0.2, 0) is 16.2 Å². The molecule has 0 saturated heterocycles. The van der Waals surface area contributed by atoms with Gasteiger partial charge >= 0.3 is 0 Å². The smallest absolute Gasteiger partial charge is 0.286 e. The second kappa shape index (κ2) is 8.37. The van der Waals surface area contributed by atoms with Crippen LogP contribution in [0.25, 0.3) is 6.08 Å². The molecule has 0 fully saturated rings. The quantitative estimate of drug-likeness (QED) is 0.777. The summed E-state index contributed by atoms with van der Waals surface area (Å²) in [4.78, 5) is 27.2. The van der Waals surface area contributed by atoms with Crippen molar-refractivity contribution in [2.24, 2.45) is 4.99 Å². The summed E-state index contributed by atoms with van der Waals surface area (Å²) >= 11 is 7.10. The van der Waals surface area contributed by atoms with Crippen LogP contribution in [0.4, 0.5) is 4.39 Å². The Kier molecular flexibility index (Phi) is 5.93. The van der Waals surface area contributed by atoms with Crippen LogP contribution in [0.15, 0.2) is 52.4 Å². The molecule has 0 bridgehead atoms. The van der Waals surface area contributed by atoms with Crippen LogP contribution in [0.5, 0.6) is 5.75 Å². The highest BCUT2D eigenvalue weighted by molar-refractivity contribution is 8.18. The van der Waals surface area contributed by atoms with Crippen LogP contribution in [0.2, 0.25) is 5.02 Å². The predicted octanol–water partition coefficient (Wildman–Crippen LogP) is 4.16. The normalized spacial score (nSPS) is 15.0. The largest absolute Gasteiger partial charge is 0.488 e. The van der Waals surface area contributed by atoms with Gasteiger partial charge in [0.2, 0.25) is 5.91 Å². The van der Waals surface area contributed by atoms with Crippen molar-refractivity contribution in [3.63, 3.8) is 0 Å². The van der Waals surface area contributed by atoms with Crippen molar-refractivity contribution >= 4 is 46.4 Å². The number of carbonyl (C=O) groups is 2. The third-order valence-electron chi connectivity index (χ3n) is 3.50. The summed E-state index contributed by atoms with van der Waals surface area (Å²) in [6.07, 6.45) is 1.58. The number of nitrogens with zero attached hydrogens (tertiary/aromatic N) is 1. The Labute approximate surface area is 164 Å². The van der Waals surface area contributed by atoms with Crippen molar-refractivity contribution in [1.29, 1.82) is 0 Å². The maximum absolute atomic E-state index is 13.8. The van der Waals surface area contributed by atoms with Crippen molar-refractivity contribution in [2.75, 3.05) is 0 Å². The van der Waals surface area contributed by atoms with Crippen LogP contribution in [0.3, 0.4) is 0 Å². The maximum Gasteiger partial charge on any atom is 0.286 e.